The number of hydrogen-bond donors (Lipinski definition) is 0. The molecule has 0 bridgehead atoms. The highest BCUT2D eigenvalue weighted by Crippen LogP contribution is 2.54. The van der Waals surface area contributed by atoms with Crippen molar-refractivity contribution in [3.63, 3.8) is 0 Å². The van der Waals surface area contributed by atoms with Crippen LogP contribution in [0.25, 0.3) is 0 Å². The first-order valence-corrected chi connectivity index (χ1v) is 12.0. The fourth-order valence-corrected chi connectivity index (χ4v) is 5.97. The number of ether oxygens (including phenoxy) is 1. The standard InChI is InChI=1S/C26H40N2O2/c1-19(2)21-9-6-7-10-22(21)23-11-8-14-28(23)20-17-26(18-20)12-15-27(16-13-26)24(29)30-25(3,4)5/h6-7,9-10,19-20,23H,8,11-18H2,1-5H3. The second-order valence-electron chi connectivity index (χ2n) is 11.2. The molecule has 2 saturated heterocycles. The van der Waals surface area contributed by atoms with Gasteiger partial charge in [0.2, 0.25) is 0 Å². The Labute approximate surface area is 183 Å². The van der Waals surface area contributed by atoms with Crippen LogP contribution in [-0.2, 0) is 4.74 Å². The maximum atomic E-state index is 12.4. The quantitative estimate of drug-likeness (QED) is 0.599. The molecule has 2 heterocycles. The number of hydrogen-bond acceptors (Lipinski definition) is 3. The molecule has 30 heavy (non-hydrogen) atoms. The molecule has 1 spiro atoms. The predicted octanol–water partition coefficient (Wildman–Crippen LogP) is 6.13. The first kappa shape index (κ1) is 21.7. The Hall–Kier alpha value is -1.55. The molecule has 0 aromatic heterocycles. The second-order valence-corrected chi connectivity index (χ2v) is 11.2. The minimum absolute atomic E-state index is 0.141. The van der Waals surface area contributed by atoms with Crippen molar-refractivity contribution in [3.8, 4) is 0 Å². The number of nitrogens with zero attached hydrogens (tertiary/aromatic N) is 2. The van der Waals surface area contributed by atoms with E-state index in [1.807, 2.05) is 25.7 Å². The predicted molar refractivity (Wildman–Crippen MR) is 122 cm³/mol. The van der Waals surface area contributed by atoms with Crippen molar-refractivity contribution >= 4 is 6.09 Å². The Morgan fingerprint density at radius 2 is 1.77 bits per heavy atom. The SMILES string of the molecule is CC(C)c1ccccc1C1CCCN1C1CC2(CCN(C(=O)OC(C)(C)C)CC2)C1. The van der Waals surface area contributed by atoms with Crippen LogP contribution in [0.3, 0.4) is 0 Å². The summed E-state index contributed by atoms with van der Waals surface area (Å²) in [5.41, 5.74) is 3.12. The lowest BCUT2D eigenvalue weighted by atomic mass is 9.60. The summed E-state index contributed by atoms with van der Waals surface area (Å²) in [5.74, 6) is 0.577. The number of likely N-dealkylation sites (tertiary alicyclic amines) is 2. The molecule has 1 aromatic carbocycles. The summed E-state index contributed by atoms with van der Waals surface area (Å²) >= 11 is 0. The maximum Gasteiger partial charge on any atom is 0.410 e. The van der Waals surface area contributed by atoms with Gasteiger partial charge in [0.05, 0.1) is 0 Å². The van der Waals surface area contributed by atoms with Crippen molar-refractivity contribution < 1.29 is 9.53 Å². The molecule has 1 aromatic rings. The van der Waals surface area contributed by atoms with Crippen LogP contribution in [0, 0.1) is 5.41 Å². The molecule has 1 amide bonds. The molecule has 0 radical (unpaired) electrons. The van der Waals surface area contributed by atoms with E-state index in [2.05, 4.69) is 43.0 Å². The molecule has 4 nitrogen and oxygen atoms in total. The van der Waals surface area contributed by atoms with Gasteiger partial charge in [0.1, 0.15) is 5.60 Å². The van der Waals surface area contributed by atoms with Gasteiger partial charge in [0, 0.05) is 25.2 Å². The lowest BCUT2D eigenvalue weighted by molar-refractivity contribution is -0.0516. The molecular formula is C26H40N2O2. The molecule has 4 heteroatoms. The van der Waals surface area contributed by atoms with E-state index in [1.54, 1.807) is 5.56 Å². The topological polar surface area (TPSA) is 32.8 Å². The van der Waals surface area contributed by atoms with Gasteiger partial charge in [-0.05, 0) is 88.3 Å². The number of carbonyl (C=O) groups is 1. The highest BCUT2D eigenvalue weighted by Gasteiger charge is 2.50. The molecule has 1 saturated carbocycles. The zero-order chi connectivity index (χ0) is 21.5. The zero-order valence-electron chi connectivity index (χ0n) is 19.6. The van der Waals surface area contributed by atoms with Crippen LogP contribution in [0.5, 0.6) is 0 Å². The third-order valence-corrected chi connectivity index (χ3v) is 7.55. The number of rotatable bonds is 3. The summed E-state index contributed by atoms with van der Waals surface area (Å²) in [4.78, 5) is 17.1. The molecule has 3 fully saturated rings. The molecule has 166 valence electrons. The van der Waals surface area contributed by atoms with Gasteiger partial charge < -0.3 is 9.64 Å². The molecular weight excluding hydrogens is 372 g/mol. The molecule has 0 N–H and O–H groups in total. The van der Waals surface area contributed by atoms with E-state index >= 15 is 0 Å². The average molecular weight is 413 g/mol. The fraction of sp³-hybridized carbons (Fsp3) is 0.731. The van der Waals surface area contributed by atoms with Crippen LogP contribution >= 0.6 is 0 Å². The van der Waals surface area contributed by atoms with Crippen molar-refractivity contribution in [2.75, 3.05) is 19.6 Å². The van der Waals surface area contributed by atoms with Gasteiger partial charge in [-0.1, -0.05) is 38.1 Å². The summed E-state index contributed by atoms with van der Waals surface area (Å²) in [6.07, 6.45) is 7.32. The van der Waals surface area contributed by atoms with Gasteiger partial charge in [-0.25, -0.2) is 4.79 Å². The third kappa shape index (κ3) is 4.39. The number of benzene rings is 1. The number of piperidine rings is 1. The van der Waals surface area contributed by atoms with Crippen LogP contribution in [0.15, 0.2) is 24.3 Å². The smallest absolute Gasteiger partial charge is 0.410 e. The highest BCUT2D eigenvalue weighted by atomic mass is 16.6. The van der Waals surface area contributed by atoms with Crippen LogP contribution < -0.4 is 0 Å². The Morgan fingerprint density at radius 3 is 2.40 bits per heavy atom. The van der Waals surface area contributed by atoms with E-state index in [1.165, 1.54) is 37.8 Å². The molecule has 2 aliphatic heterocycles. The van der Waals surface area contributed by atoms with Crippen LogP contribution in [-0.4, -0.2) is 47.2 Å². The molecule has 3 aliphatic rings. The van der Waals surface area contributed by atoms with E-state index < -0.39 is 5.60 Å². The van der Waals surface area contributed by atoms with Crippen LogP contribution in [0.1, 0.15) is 96.2 Å². The highest BCUT2D eigenvalue weighted by molar-refractivity contribution is 5.68. The van der Waals surface area contributed by atoms with Gasteiger partial charge >= 0.3 is 6.09 Å². The summed E-state index contributed by atoms with van der Waals surface area (Å²) < 4.78 is 5.57. The lowest BCUT2D eigenvalue weighted by Crippen LogP contribution is -2.55. The van der Waals surface area contributed by atoms with Gasteiger partial charge in [-0.2, -0.15) is 0 Å². The second kappa shape index (κ2) is 8.18. The van der Waals surface area contributed by atoms with Gasteiger partial charge in [-0.15, -0.1) is 0 Å². The number of carbonyl (C=O) groups excluding carboxylic acids is 1. The van der Waals surface area contributed by atoms with Gasteiger partial charge in [0.15, 0.2) is 0 Å². The van der Waals surface area contributed by atoms with Crippen molar-refractivity contribution in [2.24, 2.45) is 5.41 Å². The molecule has 4 rings (SSSR count). The molecule has 1 aliphatic carbocycles. The van der Waals surface area contributed by atoms with E-state index in [0.717, 1.165) is 25.9 Å². The lowest BCUT2D eigenvalue weighted by Gasteiger charge is -2.55. The summed E-state index contributed by atoms with van der Waals surface area (Å²) in [6.45, 7) is 13.4. The Bertz CT molecular complexity index is 751. The van der Waals surface area contributed by atoms with Gasteiger partial charge in [-0.3, -0.25) is 4.90 Å². The average Bonchev–Trinajstić information content (AvgIpc) is 3.14. The fourth-order valence-electron chi connectivity index (χ4n) is 5.97. The van der Waals surface area contributed by atoms with E-state index in [9.17, 15) is 4.79 Å². The first-order valence-electron chi connectivity index (χ1n) is 12.0. The normalized spacial score (nSPS) is 25.0. The van der Waals surface area contributed by atoms with Gasteiger partial charge in [0.25, 0.3) is 0 Å². The zero-order valence-corrected chi connectivity index (χ0v) is 19.6. The van der Waals surface area contributed by atoms with Crippen molar-refractivity contribution in [1.82, 2.24) is 9.80 Å². The Balaban J connectivity index is 1.35. The van der Waals surface area contributed by atoms with E-state index in [0.29, 0.717) is 23.4 Å². The summed E-state index contributed by atoms with van der Waals surface area (Å²) in [6, 6.07) is 10.4. The molecule has 1 unspecified atom stereocenters. The number of amides is 1. The van der Waals surface area contributed by atoms with Crippen molar-refractivity contribution in [3.05, 3.63) is 35.4 Å². The van der Waals surface area contributed by atoms with E-state index in [-0.39, 0.29) is 6.09 Å². The summed E-state index contributed by atoms with van der Waals surface area (Å²) in [7, 11) is 0. The van der Waals surface area contributed by atoms with Crippen molar-refractivity contribution in [1.29, 1.82) is 0 Å². The van der Waals surface area contributed by atoms with Crippen LogP contribution in [0.2, 0.25) is 0 Å². The van der Waals surface area contributed by atoms with Crippen LogP contribution in [0.4, 0.5) is 4.79 Å². The summed E-state index contributed by atoms with van der Waals surface area (Å²) in [5, 5.41) is 0. The Kier molecular flexibility index (Phi) is 5.91. The Morgan fingerprint density at radius 1 is 1.10 bits per heavy atom. The largest absolute Gasteiger partial charge is 0.444 e. The first-order chi connectivity index (χ1) is 14.2. The van der Waals surface area contributed by atoms with E-state index in [4.69, 9.17) is 4.74 Å². The molecule has 1 atom stereocenters. The third-order valence-electron chi connectivity index (χ3n) is 7.55. The van der Waals surface area contributed by atoms with Crippen molar-refractivity contribution in [2.45, 2.75) is 96.7 Å². The minimum Gasteiger partial charge on any atom is -0.444 e. The monoisotopic (exact) mass is 412 g/mol. The minimum atomic E-state index is -0.412. The maximum absolute atomic E-state index is 12.4.